The van der Waals surface area contributed by atoms with E-state index in [1.54, 1.807) is 24.3 Å². The Morgan fingerprint density at radius 3 is 2.59 bits per heavy atom. The van der Waals surface area contributed by atoms with Gasteiger partial charge in [-0.1, -0.05) is 36.6 Å². The highest BCUT2D eigenvalue weighted by Crippen LogP contribution is 2.23. The van der Waals surface area contributed by atoms with Crippen LogP contribution in [0.5, 0.6) is 5.75 Å². The number of amides is 1. The lowest BCUT2D eigenvalue weighted by Crippen LogP contribution is -2.20. The third-order valence-electron chi connectivity index (χ3n) is 2.51. The van der Waals surface area contributed by atoms with Crippen LogP contribution in [0.3, 0.4) is 0 Å². The molecule has 0 fully saturated rings. The molecule has 0 saturated carbocycles. The highest BCUT2D eigenvalue weighted by molar-refractivity contribution is 7.89. The number of aliphatic hydroxyl groups is 1. The predicted octanol–water partition coefficient (Wildman–Crippen LogP) is 2.15. The first-order chi connectivity index (χ1) is 10.4. The van der Waals surface area contributed by atoms with E-state index in [9.17, 15) is 9.90 Å². The average molecular weight is 337 g/mol. The second kappa shape index (κ2) is 8.20. The zero-order valence-corrected chi connectivity index (χ0v) is 13.6. The van der Waals surface area contributed by atoms with Crippen LogP contribution in [-0.2, 0) is 4.79 Å². The molecule has 0 saturated heterocycles. The summed E-state index contributed by atoms with van der Waals surface area (Å²) in [5.74, 6) is -0.303. The number of allylic oxidation sites excluding steroid dienone is 1. The zero-order valence-electron chi connectivity index (χ0n) is 12.0. The van der Waals surface area contributed by atoms with Gasteiger partial charge >= 0.3 is 0 Å². The molecule has 6 nitrogen and oxygen atoms in total. The monoisotopic (exact) mass is 337 g/mol. The Balaban J connectivity index is 2.99. The lowest BCUT2D eigenvalue weighted by molar-refractivity contribution is -0.112. The third kappa shape index (κ3) is 4.90. The van der Waals surface area contributed by atoms with Gasteiger partial charge in [0.1, 0.15) is 16.5 Å². The molecule has 0 aliphatic carbocycles. The molecule has 0 bridgehead atoms. The molecule has 1 aromatic carbocycles. The SMILES string of the molecule is COc1ccccc1NC(=O)C(C=NC(=S)C(N)=S)=C(C)O. The minimum Gasteiger partial charge on any atom is -0.512 e. The van der Waals surface area contributed by atoms with E-state index in [0.29, 0.717) is 11.4 Å². The fraction of sp³-hybridized carbons (Fsp3) is 0.143. The van der Waals surface area contributed by atoms with E-state index in [-0.39, 0.29) is 21.3 Å². The summed E-state index contributed by atoms with van der Waals surface area (Å²) in [5.41, 5.74) is 5.71. The number of nitrogens with one attached hydrogen (secondary N) is 1. The number of nitrogens with zero attached hydrogens (tertiary/aromatic N) is 1. The first kappa shape index (κ1) is 17.7. The van der Waals surface area contributed by atoms with Crippen LogP contribution in [0.25, 0.3) is 0 Å². The van der Waals surface area contributed by atoms with Crippen LogP contribution in [0.2, 0.25) is 0 Å². The van der Waals surface area contributed by atoms with Gasteiger partial charge in [0.25, 0.3) is 5.91 Å². The van der Waals surface area contributed by atoms with E-state index in [0.717, 1.165) is 6.21 Å². The first-order valence-electron chi connectivity index (χ1n) is 6.08. The number of methoxy groups -OCH3 is 1. The molecule has 1 aromatic rings. The zero-order chi connectivity index (χ0) is 16.7. The highest BCUT2D eigenvalue weighted by Gasteiger charge is 2.14. The van der Waals surface area contributed by atoms with E-state index >= 15 is 0 Å². The number of hydrogen-bond acceptors (Lipinski definition) is 5. The predicted molar refractivity (Wildman–Crippen MR) is 94.8 cm³/mol. The summed E-state index contributed by atoms with van der Waals surface area (Å²) in [6, 6.07) is 6.87. The molecule has 0 radical (unpaired) electrons. The molecule has 22 heavy (non-hydrogen) atoms. The Morgan fingerprint density at radius 2 is 2.05 bits per heavy atom. The Labute approximate surface area is 138 Å². The van der Waals surface area contributed by atoms with Crippen LogP contribution in [0.1, 0.15) is 6.92 Å². The van der Waals surface area contributed by atoms with E-state index in [1.165, 1.54) is 14.0 Å². The number of thiocarbonyl (C=S) groups is 2. The number of aliphatic hydroxyl groups excluding tert-OH is 1. The molecule has 0 aromatic heterocycles. The smallest absolute Gasteiger partial charge is 0.260 e. The number of aliphatic imine (C=N–C) groups is 1. The van der Waals surface area contributed by atoms with Gasteiger partial charge in [-0.3, -0.25) is 4.79 Å². The standard InChI is InChI=1S/C14H15N3O3S2/c1-8(18)9(7-16-14(22)12(15)21)13(19)17-10-5-3-4-6-11(10)20-2/h3-7,18H,1-2H3,(H2,15,21)(H,17,19). The number of benzene rings is 1. The van der Waals surface area contributed by atoms with Gasteiger partial charge in [0.05, 0.1) is 18.4 Å². The molecule has 4 N–H and O–H groups in total. The van der Waals surface area contributed by atoms with Crippen molar-refractivity contribution < 1.29 is 14.6 Å². The van der Waals surface area contributed by atoms with Crippen molar-refractivity contribution in [1.29, 1.82) is 0 Å². The molecule has 0 spiro atoms. The van der Waals surface area contributed by atoms with Gasteiger partial charge in [-0.15, -0.1) is 0 Å². The number of para-hydroxylation sites is 2. The summed E-state index contributed by atoms with van der Waals surface area (Å²) < 4.78 is 5.13. The Kier molecular flexibility index (Phi) is 6.61. The maximum Gasteiger partial charge on any atom is 0.260 e. The number of rotatable bonds is 4. The maximum absolute atomic E-state index is 12.2. The maximum atomic E-state index is 12.2. The normalized spacial score (nSPS) is 11.7. The molecular formula is C14H15N3O3S2. The molecule has 0 unspecified atom stereocenters. The van der Waals surface area contributed by atoms with Crippen LogP contribution < -0.4 is 15.8 Å². The quantitative estimate of drug-likeness (QED) is 0.337. The van der Waals surface area contributed by atoms with Crippen molar-refractivity contribution in [3.63, 3.8) is 0 Å². The van der Waals surface area contributed by atoms with Crippen LogP contribution in [0.15, 0.2) is 40.6 Å². The Bertz CT molecular complexity index is 665. The second-order valence-corrected chi connectivity index (χ2v) is 4.91. The highest BCUT2D eigenvalue weighted by atomic mass is 32.1. The number of carbonyl (C=O) groups excluding carboxylic acids is 1. The van der Waals surface area contributed by atoms with Crippen molar-refractivity contribution >= 4 is 52.2 Å². The van der Waals surface area contributed by atoms with Crippen molar-refractivity contribution in [3.8, 4) is 5.75 Å². The van der Waals surface area contributed by atoms with E-state index in [2.05, 4.69) is 22.5 Å². The lowest BCUT2D eigenvalue weighted by atomic mass is 10.2. The van der Waals surface area contributed by atoms with Gasteiger partial charge in [0.15, 0.2) is 4.99 Å². The molecule has 116 valence electrons. The number of nitrogens with two attached hydrogens (primary N) is 1. The number of ether oxygens (including phenoxy) is 1. The van der Waals surface area contributed by atoms with Gasteiger partial charge in [-0.05, 0) is 19.1 Å². The summed E-state index contributed by atoms with van der Waals surface area (Å²) in [7, 11) is 1.49. The van der Waals surface area contributed by atoms with Crippen molar-refractivity contribution in [2.24, 2.45) is 10.7 Å². The van der Waals surface area contributed by atoms with Crippen LogP contribution in [-0.4, -0.2) is 34.3 Å². The fourth-order valence-corrected chi connectivity index (χ4v) is 1.55. The van der Waals surface area contributed by atoms with Crippen molar-refractivity contribution in [3.05, 3.63) is 35.6 Å². The van der Waals surface area contributed by atoms with Gasteiger partial charge < -0.3 is 20.9 Å². The number of hydrogen-bond donors (Lipinski definition) is 3. The molecule has 0 aliphatic rings. The van der Waals surface area contributed by atoms with Crippen molar-refractivity contribution in [2.45, 2.75) is 6.92 Å². The van der Waals surface area contributed by atoms with E-state index < -0.39 is 5.91 Å². The van der Waals surface area contributed by atoms with E-state index in [1.807, 2.05) is 0 Å². The fourth-order valence-electron chi connectivity index (χ4n) is 1.44. The summed E-state index contributed by atoms with van der Waals surface area (Å²) in [6.45, 7) is 1.35. The number of carbonyl (C=O) groups is 1. The Morgan fingerprint density at radius 1 is 1.41 bits per heavy atom. The molecule has 1 rings (SSSR count). The lowest BCUT2D eigenvalue weighted by Gasteiger charge is -2.10. The van der Waals surface area contributed by atoms with Gasteiger partial charge in [-0.2, -0.15) is 0 Å². The molecule has 0 atom stereocenters. The minimum atomic E-state index is -0.570. The number of anilines is 1. The van der Waals surface area contributed by atoms with Crippen molar-refractivity contribution in [2.75, 3.05) is 12.4 Å². The topological polar surface area (TPSA) is 96.9 Å². The average Bonchev–Trinajstić information content (AvgIpc) is 2.47. The Hall–Kier alpha value is -2.32. The van der Waals surface area contributed by atoms with Crippen LogP contribution in [0, 0.1) is 0 Å². The molecular weight excluding hydrogens is 322 g/mol. The summed E-state index contributed by atoms with van der Waals surface area (Å²) in [5, 5.41) is 12.2. The second-order valence-electron chi connectivity index (χ2n) is 4.08. The van der Waals surface area contributed by atoms with Gasteiger partial charge in [0, 0.05) is 6.21 Å². The molecule has 0 heterocycles. The molecule has 0 aliphatic heterocycles. The van der Waals surface area contributed by atoms with Crippen molar-refractivity contribution in [1.82, 2.24) is 0 Å². The summed E-state index contributed by atoms with van der Waals surface area (Å²) in [4.78, 5) is 15.9. The summed E-state index contributed by atoms with van der Waals surface area (Å²) in [6.07, 6.45) is 1.11. The molecule has 8 heteroatoms. The van der Waals surface area contributed by atoms with Crippen LogP contribution >= 0.6 is 24.4 Å². The minimum absolute atomic E-state index is 0.0289. The summed E-state index contributed by atoms with van der Waals surface area (Å²) >= 11 is 9.49. The first-order valence-corrected chi connectivity index (χ1v) is 6.90. The van der Waals surface area contributed by atoms with Crippen LogP contribution in [0.4, 0.5) is 5.69 Å². The largest absolute Gasteiger partial charge is 0.512 e. The molecule has 1 amide bonds. The van der Waals surface area contributed by atoms with E-state index in [4.69, 9.17) is 22.7 Å². The van der Waals surface area contributed by atoms with Gasteiger partial charge in [-0.25, -0.2) is 4.99 Å². The third-order valence-corrected chi connectivity index (χ3v) is 3.16. The van der Waals surface area contributed by atoms with Gasteiger partial charge in [0.2, 0.25) is 0 Å².